The topological polar surface area (TPSA) is 89.2 Å². The molecule has 0 spiro atoms. The summed E-state index contributed by atoms with van der Waals surface area (Å²) in [5.74, 6) is 3.94. The Morgan fingerprint density at radius 1 is 1.21 bits per heavy atom. The summed E-state index contributed by atoms with van der Waals surface area (Å²) in [6.07, 6.45) is 6.17. The van der Waals surface area contributed by atoms with Gasteiger partial charge >= 0.3 is 0 Å². The van der Waals surface area contributed by atoms with Gasteiger partial charge in [0, 0.05) is 25.8 Å². The minimum Gasteiger partial charge on any atom is -0.376 e. The molecule has 2 aliphatic heterocycles. The fourth-order valence-electron chi connectivity index (χ4n) is 4.27. The van der Waals surface area contributed by atoms with Crippen molar-refractivity contribution in [2.75, 3.05) is 29.9 Å². The van der Waals surface area contributed by atoms with E-state index in [1.807, 2.05) is 13.0 Å². The molecule has 8 nitrogen and oxygen atoms in total. The van der Waals surface area contributed by atoms with Crippen molar-refractivity contribution in [1.29, 1.82) is 0 Å². The second-order valence-electron chi connectivity index (χ2n) is 8.20. The van der Waals surface area contributed by atoms with Gasteiger partial charge in [-0.1, -0.05) is 19.0 Å². The lowest BCUT2D eigenvalue weighted by molar-refractivity contribution is -0.0203. The second kappa shape index (κ2) is 8.43. The van der Waals surface area contributed by atoms with Crippen LogP contribution in [-0.4, -0.2) is 52.0 Å². The molecule has 0 bridgehead atoms. The van der Waals surface area contributed by atoms with Crippen molar-refractivity contribution in [1.82, 2.24) is 20.1 Å². The van der Waals surface area contributed by atoms with Crippen molar-refractivity contribution in [3.8, 4) is 0 Å². The van der Waals surface area contributed by atoms with E-state index in [0.29, 0.717) is 11.7 Å². The van der Waals surface area contributed by atoms with Gasteiger partial charge in [0.2, 0.25) is 5.89 Å². The zero-order valence-corrected chi connectivity index (χ0v) is 17.0. The van der Waals surface area contributed by atoms with Gasteiger partial charge in [0.15, 0.2) is 5.82 Å². The Labute approximate surface area is 166 Å². The molecule has 0 saturated carbocycles. The molecule has 0 aromatic carbocycles. The van der Waals surface area contributed by atoms with E-state index in [9.17, 15) is 0 Å². The zero-order chi connectivity index (χ0) is 19.5. The fraction of sp³-hybridized carbons (Fsp3) is 0.700. The zero-order valence-electron chi connectivity index (χ0n) is 17.0. The van der Waals surface area contributed by atoms with Crippen LogP contribution in [0.15, 0.2) is 16.9 Å². The second-order valence-corrected chi connectivity index (χ2v) is 8.20. The number of anilines is 2. The van der Waals surface area contributed by atoms with Gasteiger partial charge in [-0.05, 0) is 38.5 Å². The van der Waals surface area contributed by atoms with E-state index >= 15 is 0 Å². The molecule has 4 rings (SSSR count). The minimum absolute atomic E-state index is 0.215. The van der Waals surface area contributed by atoms with Gasteiger partial charge in [0.25, 0.3) is 0 Å². The molecule has 8 heteroatoms. The number of hydrogen-bond donors (Lipinski definition) is 1. The van der Waals surface area contributed by atoms with Crippen molar-refractivity contribution in [3.63, 3.8) is 0 Å². The number of piperidine rings is 1. The molecular formula is C20H30N6O2. The summed E-state index contributed by atoms with van der Waals surface area (Å²) in [6.45, 7) is 8.93. The molecule has 0 unspecified atom stereocenters. The van der Waals surface area contributed by atoms with E-state index in [1.54, 1.807) is 6.33 Å². The molecule has 3 atom stereocenters. The average Bonchev–Trinajstić information content (AvgIpc) is 3.15. The van der Waals surface area contributed by atoms with Crippen molar-refractivity contribution >= 4 is 11.6 Å². The molecule has 1 N–H and O–H groups in total. The Morgan fingerprint density at radius 2 is 2.11 bits per heavy atom. The Bertz CT molecular complexity index is 780. The van der Waals surface area contributed by atoms with Crippen LogP contribution in [0.4, 0.5) is 11.6 Å². The number of nitrogens with one attached hydrogen (secondary N) is 1. The van der Waals surface area contributed by atoms with Gasteiger partial charge in [-0.15, -0.1) is 0 Å². The third kappa shape index (κ3) is 4.27. The maximum Gasteiger partial charge on any atom is 0.231 e. The number of rotatable bonds is 5. The molecule has 0 radical (unpaired) electrons. The van der Waals surface area contributed by atoms with Crippen LogP contribution in [0, 0.1) is 12.8 Å². The van der Waals surface area contributed by atoms with E-state index in [0.717, 1.165) is 62.9 Å². The van der Waals surface area contributed by atoms with E-state index in [1.165, 1.54) is 0 Å². The predicted molar refractivity (Wildman–Crippen MR) is 106 cm³/mol. The molecular weight excluding hydrogens is 356 g/mol. The van der Waals surface area contributed by atoms with Crippen LogP contribution in [-0.2, 0) is 4.74 Å². The highest BCUT2D eigenvalue weighted by atomic mass is 16.5. The van der Waals surface area contributed by atoms with Gasteiger partial charge < -0.3 is 19.5 Å². The summed E-state index contributed by atoms with van der Waals surface area (Å²) in [4.78, 5) is 15.7. The SMILES string of the molecule is Cc1noc([C@@H]2CCCN(c3cc(N[C@H]4CCCO[C@@H]4C(C)C)ncn3)C2)n1. The molecule has 2 fully saturated rings. The van der Waals surface area contributed by atoms with Crippen molar-refractivity contribution in [2.45, 2.75) is 64.5 Å². The van der Waals surface area contributed by atoms with Crippen LogP contribution in [0.1, 0.15) is 57.2 Å². The maximum absolute atomic E-state index is 6.00. The van der Waals surface area contributed by atoms with Crippen LogP contribution in [0.3, 0.4) is 0 Å². The monoisotopic (exact) mass is 386 g/mol. The first-order valence-corrected chi connectivity index (χ1v) is 10.4. The summed E-state index contributed by atoms with van der Waals surface area (Å²) in [7, 11) is 0. The van der Waals surface area contributed by atoms with Gasteiger partial charge in [0.05, 0.1) is 18.1 Å². The van der Waals surface area contributed by atoms with Crippen LogP contribution in [0.2, 0.25) is 0 Å². The highest BCUT2D eigenvalue weighted by Gasteiger charge is 2.30. The molecule has 0 amide bonds. The standard InChI is InChI=1S/C20H30N6O2/c1-13(2)19-16(7-5-9-27-19)24-17-10-18(22-12-21-17)26-8-4-6-15(11-26)20-23-14(3)25-28-20/h10,12-13,15-16,19H,4-9,11H2,1-3H3,(H,21,22,24)/t15-,16+,19-/m1/s1. The van der Waals surface area contributed by atoms with Crippen LogP contribution in [0.25, 0.3) is 0 Å². The van der Waals surface area contributed by atoms with Gasteiger partial charge in [0.1, 0.15) is 18.0 Å². The third-order valence-corrected chi connectivity index (χ3v) is 5.65. The lowest BCUT2D eigenvalue weighted by atomic mass is 9.93. The first kappa shape index (κ1) is 19.1. The smallest absolute Gasteiger partial charge is 0.231 e. The van der Waals surface area contributed by atoms with E-state index in [2.05, 4.69) is 44.2 Å². The molecule has 4 heterocycles. The summed E-state index contributed by atoms with van der Waals surface area (Å²) < 4.78 is 11.4. The number of ether oxygens (including phenoxy) is 1. The Kier molecular flexibility index (Phi) is 5.75. The Morgan fingerprint density at radius 3 is 2.89 bits per heavy atom. The molecule has 2 saturated heterocycles. The van der Waals surface area contributed by atoms with E-state index in [4.69, 9.17) is 9.26 Å². The minimum atomic E-state index is 0.215. The van der Waals surface area contributed by atoms with Crippen LogP contribution in [0.5, 0.6) is 0 Å². The molecule has 2 aliphatic rings. The number of hydrogen-bond acceptors (Lipinski definition) is 8. The highest BCUT2D eigenvalue weighted by Crippen LogP contribution is 2.29. The first-order chi connectivity index (χ1) is 13.6. The molecule has 2 aromatic rings. The summed E-state index contributed by atoms with van der Waals surface area (Å²) >= 11 is 0. The van der Waals surface area contributed by atoms with Crippen molar-refractivity contribution in [2.24, 2.45) is 5.92 Å². The fourth-order valence-corrected chi connectivity index (χ4v) is 4.27. The predicted octanol–water partition coefficient (Wildman–Crippen LogP) is 3.17. The Hall–Kier alpha value is -2.22. The van der Waals surface area contributed by atoms with Crippen molar-refractivity contribution in [3.05, 3.63) is 24.1 Å². The van der Waals surface area contributed by atoms with E-state index in [-0.39, 0.29) is 18.1 Å². The molecule has 152 valence electrons. The van der Waals surface area contributed by atoms with Gasteiger partial charge in [-0.25, -0.2) is 9.97 Å². The van der Waals surface area contributed by atoms with Gasteiger partial charge in [-0.2, -0.15) is 4.98 Å². The summed E-state index contributed by atoms with van der Waals surface area (Å²) in [6, 6.07) is 2.33. The third-order valence-electron chi connectivity index (χ3n) is 5.65. The molecule has 2 aromatic heterocycles. The van der Waals surface area contributed by atoms with Crippen LogP contribution < -0.4 is 10.2 Å². The number of aromatic nitrogens is 4. The van der Waals surface area contributed by atoms with Gasteiger partial charge in [-0.3, -0.25) is 0 Å². The number of aryl methyl sites for hydroxylation is 1. The Balaban J connectivity index is 1.45. The average molecular weight is 387 g/mol. The lowest BCUT2D eigenvalue weighted by Gasteiger charge is -2.35. The highest BCUT2D eigenvalue weighted by molar-refractivity contribution is 5.49. The normalized spacial score (nSPS) is 25.9. The molecule has 0 aliphatic carbocycles. The lowest BCUT2D eigenvalue weighted by Crippen LogP contribution is -2.43. The van der Waals surface area contributed by atoms with E-state index < -0.39 is 0 Å². The first-order valence-electron chi connectivity index (χ1n) is 10.4. The molecule has 28 heavy (non-hydrogen) atoms. The maximum atomic E-state index is 6.00. The summed E-state index contributed by atoms with van der Waals surface area (Å²) in [5.41, 5.74) is 0. The number of nitrogens with zero attached hydrogens (tertiary/aromatic N) is 5. The van der Waals surface area contributed by atoms with Crippen LogP contribution >= 0.6 is 0 Å². The largest absolute Gasteiger partial charge is 0.376 e. The summed E-state index contributed by atoms with van der Waals surface area (Å²) in [5, 5.41) is 7.53. The van der Waals surface area contributed by atoms with Crippen molar-refractivity contribution < 1.29 is 9.26 Å². The quantitative estimate of drug-likeness (QED) is 0.838.